The number of pyridine rings is 1. The number of nitriles is 1. The van der Waals surface area contributed by atoms with E-state index in [9.17, 15) is 4.79 Å². The lowest BCUT2D eigenvalue weighted by molar-refractivity contribution is 0.250. The summed E-state index contributed by atoms with van der Waals surface area (Å²) in [6, 6.07) is 24.1. The molecule has 3 aromatic rings. The predicted octanol–water partition coefficient (Wildman–Crippen LogP) is 3.24. The monoisotopic (exact) mass is 370 g/mol. The number of piperazine rings is 1. The third kappa shape index (κ3) is 3.98. The number of rotatable bonds is 4. The molecule has 28 heavy (non-hydrogen) atoms. The van der Waals surface area contributed by atoms with E-state index in [4.69, 9.17) is 5.26 Å². The Hall–Kier alpha value is -3.36. The largest absolute Gasteiger partial charge is 0.369 e. The molecule has 5 nitrogen and oxygen atoms in total. The molecule has 1 N–H and O–H groups in total. The molecule has 5 heteroatoms. The number of nitrogens with one attached hydrogen (secondary N) is 1. The summed E-state index contributed by atoms with van der Waals surface area (Å²) >= 11 is 0. The highest BCUT2D eigenvalue weighted by atomic mass is 16.1. The summed E-state index contributed by atoms with van der Waals surface area (Å²) in [4.78, 5) is 19.5. The van der Waals surface area contributed by atoms with Crippen molar-refractivity contribution in [1.29, 1.82) is 5.26 Å². The van der Waals surface area contributed by atoms with Gasteiger partial charge in [-0.1, -0.05) is 42.5 Å². The Kier molecular flexibility index (Phi) is 5.22. The van der Waals surface area contributed by atoms with E-state index >= 15 is 0 Å². The van der Waals surface area contributed by atoms with E-state index in [1.165, 1.54) is 11.3 Å². The van der Waals surface area contributed by atoms with Gasteiger partial charge in [0.1, 0.15) is 11.6 Å². The van der Waals surface area contributed by atoms with Gasteiger partial charge in [-0.15, -0.1) is 0 Å². The molecule has 0 bridgehead atoms. The highest BCUT2D eigenvalue weighted by molar-refractivity contribution is 5.63. The van der Waals surface area contributed by atoms with Crippen LogP contribution in [0.2, 0.25) is 0 Å². The molecule has 2 heterocycles. The van der Waals surface area contributed by atoms with Crippen LogP contribution >= 0.6 is 0 Å². The van der Waals surface area contributed by atoms with Gasteiger partial charge in [0, 0.05) is 44.1 Å². The van der Waals surface area contributed by atoms with Gasteiger partial charge < -0.3 is 9.88 Å². The van der Waals surface area contributed by atoms with Crippen molar-refractivity contribution in [1.82, 2.24) is 9.88 Å². The molecule has 0 amide bonds. The molecular formula is C23H22N4O. The number of aromatic nitrogens is 1. The zero-order valence-electron chi connectivity index (χ0n) is 15.6. The fourth-order valence-electron chi connectivity index (χ4n) is 3.59. The normalized spacial score (nSPS) is 14.6. The van der Waals surface area contributed by atoms with Crippen molar-refractivity contribution in [3.05, 3.63) is 88.2 Å². The van der Waals surface area contributed by atoms with Crippen LogP contribution in [-0.4, -0.2) is 36.1 Å². The van der Waals surface area contributed by atoms with Crippen molar-refractivity contribution in [2.75, 3.05) is 31.1 Å². The van der Waals surface area contributed by atoms with Gasteiger partial charge in [-0.3, -0.25) is 9.69 Å². The SMILES string of the molecule is N#Cc1ccc(-c2ccc(N3CCN(Cc4ccccc4)CC3)cc2)[nH]c1=O. The highest BCUT2D eigenvalue weighted by Crippen LogP contribution is 2.22. The molecule has 0 saturated carbocycles. The molecule has 1 aliphatic heterocycles. The second-order valence-electron chi connectivity index (χ2n) is 7.02. The van der Waals surface area contributed by atoms with Crippen LogP contribution in [0.5, 0.6) is 0 Å². The first-order valence-corrected chi connectivity index (χ1v) is 9.48. The van der Waals surface area contributed by atoms with Crippen molar-refractivity contribution in [3.8, 4) is 17.3 Å². The molecule has 0 unspecified atom stereocenters. The van der Waals surface area contributed by atoms with Gasteiger partial charge in [-0.25, -0.2) is 0 Å². The average Bonchev–Trinajstić information content (AvgIpc) is 2.75. The molecule has 2 aromatic carbocycles. The summed E-state index contributed by atoms with van der Waals surface area (Å²) in [6.45, 7) is 5.08. The summed E-state index contributed by atoms with van der Waals surface area (Å²) in [5, 5.41) is 8.88. The zero-order valence-corrected chi connectivity index (χ0v) is 15.6. The quantitative estimate of drug-likeness (QED) is 0.766. The molecule has 0 spiro atoms. The first kappa shape index (κ1) is 18.0. The minimum absolute atomic E-state index is 0.133. The topological polar surface area (TPSA) is 63.1 Å². The second kappa shape index (κ2) is 8.12. The van der Waals surface area contributed by atoms with Gasteiger partial charge in [0.05, 0.1) is 0 Å². The highest BCUT2D eigenvalue weighted by Gasteiger charge is 2.17. The number of H-pyrrole nitrogens is 1. The Bertz CT molecular complexity index is 1030. The third-order valence-electron chi connectivity index (χ3n) is 5.19. The van der Waals surface area contributed by atoms with E-state index in [1.54, 1.807) is 12.1 Å². The van der Waals surface area contributed by atoms with Gasteiger partial charge in [0.15, 0.2) is 0 Å². The van der Waals surface area contributed by atoms with E-state index in [2.05, 4.69) is 57.2 Å². The van der Waals surface area contributed by atoms with Crippen LogP contribution < -0.4 is 10.5 Å². The van der Waals surface area contributed by atoms with Gasteiger partial charge >= 0.3 is 0 Å². The van der Waals surface area contributed by atoms with Crippen LogP contribution in [0, 0.1) is 11.3 Å². The Morgan fingerprint density at radius 2 is 1.61 bits per heavy atom. The molecule has 140 valence electrons. The summed E-state index contributed by atoms with van der Waals surface area (Å²) in [6.07, 6.45) is 0. The Balaban J connectivity index is 1.39. The molecule has 0 atom stereocenters. The Morgan fingerprint density at radius 1 is 0.893 bits per heavy atom. The summed E-state index contributed by atoms with van der Waals surface area (Å²) in [5.74, 6) is 0. The van der Waals surface area contributed by atoms with Crippen LogP contribution in [0.25, 0.3) is 11.3 Å². The number of hydrogen-bond acceptors (Lipinski definition) is 4. The van der Waals surface area contributed by atoms with Crippen LogP contribution in [0.3, 0.4) is 0 Å². The van der Waals surface area contributed by atoms with E-state index in [-0.39, 0.29) is 11.1 Å². The van der Waals surface area contributed by atoms with Crippen LogP contribution in [0.4, 0.5) is 5.69 Å². The molecular weight excluding hydrogens is 348 g/mol. The second-order valence-corrected chi connectivity index (χ2v) is 7.02. The van der Waals surface area contributed by atoms with Crippen molar-refractivity contribution in [3.63, 3.8) is 0 Å². The predicted molar refractivity (Wildman–Crippen MR) is 111 cm³/mol. The molecule has 1 aliphatic rings. The fraction of sp³-hybridized carbons (Fsp3) is 0.217. The van der Waals surface area contributed by atoms with Crippen molar-refractivity contribution in [2.45, 2.75) is 6.54 Å². The van der Waals surface area contributed by atoms with E-state index in [0.717, 1.165) is 44.0 Å². The summed E-state index contributed by atoms with van der Waals surface area (Å²) in [7, 11) is 0. The maximum absolute atomic E-state index is 11.8. The lowest BCUT2D eigenvalue weighted by Gasteiger charge is -2.36. The number of aromatic amines is 1. The van der Waals surface area contributed by atoms with Gasteiger partial charge in [0.25, 0.3) is 5.56 Å². The van der Waals surface area contributed by atoms with Gasteiger partial charge in [-0.05, 0) is 35.4 Å². The lowest BCUT2D eigenvalue weighted by Crippen LogP contribution is -2.45. The number of benzene rings is 2. The third-order valence-corrected chi connectivity index (χ3v) is 5.19. The molecule has 0 radical (unpaired) electrons. The summed E-state index contributed by atoms with van der Waals surface area (Å²) in [5.41, 5.74) is 4.00. The minimum Gasteiger partial charge on any atom is -0.369 e. The van der Waals surface area contributed by atoms with Crippen molar-refractivity contribution >= 4 is 5.69 Å². The Labute approximate surface area is 164 Å². The summed E-state index contributed by atoms with van der Waals surface area (Å²) < 4.78 is 0. The smallest absolute Gasteiger partial charge is 0.266 e. The standard InChI is InChI=1S/C23H22N4O/c24-16-20-8-11-22(25-23(20)28)19-6-9-21(10-7-19)27-14-12-26(13-15-27)17-18-4-2-1-3-5-18/h1-11H,12-15,17H2,(H,25,28). The maximum Gasteiger partial charge on any atom is 0.266 e. The van der Waals surface area contributed by atoms with E-state index < -0.39 is 0 Å². The van der Waals surface area contributed by atoms with Crippen molar-refractivity contribution < 1.29 is 0 Å². The Morgan fingerprint density at radius 3 is 2.25 bits per heavy atom. The van der Waals surface area contributed by atoms with E-state index in [1.807, 2.05) is 18.2 Å². The van der Waals surface area contributed by atoms with E-state index in [0.29, 0.717) is 0 Å². The number of hydrogen-bond donors (Lipinski definition) is 1. The zero-order chi connectivity index (χ0) is 19.3. The van der Waals surface area contributed by atoms with Crippen molar-refractivity contribution in [2.24, 2.45) is 0 Å². The average molecular weight is 370 g/mol. The molecule has 0 aliphatic carbocycles. The molecule has 4 rings (SSSR count). The fourth-order valence-corrected chi connectivity index (χ4v) is 3.59. The minimum atomic E-state index is -0.349. The molecule has 1 fully saturated rings. The lowest BCUT2D eigenvalue weighted by atomic mass is 10.1. The maximum atomic E-state index is 11.8. The van der Waals surface area contributed by atoms with Gasteiger partial charge in [-0.2, -0.15) is 5.26 Å². The van der Waals surface area contributed by atoms with Crippen LogP contribution in [0.1, 0.15) is 11.1 Å². The van der Waals surface area contributed by atoms with Gasteiger partial charge in [0.2, 0.25) is 0 Å². The number of nitrogens with zero attached hydrogens (tertiary/aromatic N) is 3. The number of anilines is 1. The molecule has 1 aromatic heterocycles. The molecule has 1 saturated heterocycles. The van der Waals surface area contributed by atoms with Crippen LogP contribution in [-0.2, 0) is 6.54 Å². The first-order chi connectivity index (χ1) is 13.7. The first-order valence-electron chi connectivity index (χ1n) is 9.48. The van der Waals surface area contributed by atoms with Crippen LogP contribution in [0.15, 0.2) is 71.5 Å².